The molecule has 3 N–H and O–H groups in total. The van der Waals surface area contributed by atoms with Crippen LogP contribution in [-0.2, 0) is 24.1 Å². The van der Waals surface area contributed by atoms with E-state index in [0.29, 0.717) is 13.0 Å². The Balaban J connectivity index is 1.16. The van der Waals surface area contributed by atoms with Crippen LogP contribution in [0.2, 0.25) is 0 Å². The number of nitrogens with zero attached hydrogens (tertiary/aromatic N) is 3. The summed E-state index contributed by atoms with van der Waals surface area (Å²) < 4.78 is 11.1. The third kappa shape index (κ3) is 4.31. The van der Waals surface area contributed by atoms with Gasteiger partial charge in [-0.15, -0.1) is 11.3 Å². The average molecular weight is 501 g/mol. The number of aromatic nitrogens is 4. The van der Waals surface area contributed by atoms with E-state index in [1.54, 1.807) is 31.0 Å². The van der Waals surface area contributed by atoms with Gasteiger partial charge in [-0.2, -0.15) is 5.10 Å². The van der Waals surface area contributed by atoms with Crippen molar-refractivity contribution in [1.29, 1.82) is 0 Å². The molecule has 0 bridgehead atoms. The van der Waals surface area contributed by atoms with Crippen LogP contribution in [0.15, 0.2) is 55.0 Å². The Labute approximate surface area is 210 Å². The Kier molecular flexibility index (Phi) is 5.86. The monoisotopic (exact) mass is 500 g/mol. The number of carbonyl (C=O) groups is 1. The quantitative estimate of drug-likeness (QED) is 0.297. The Morgan fingerprint density at radius 3 is 3.06 bits per heavy atom. The summed E-state index contributed by atoms with van der Waals surface area (Å²) >= 11 is 1.64. The molecular weight excluding hydrogens is 476 g/mol. The molecule has 182 valence electrons. The van der Waals surface area contributed by atoms with E-state index < -0.39 is 6.09 Å². The number of hydrogen-bond donors (Lipinski definition) is 3. The standard InChI is InChI=1S/C26H24N6O3S/c1-34-21-5-3-2-4-15(21)12-27-26(33)35-18-7-8-19-22(11-18)36-25-23(19)24(28-14-29-25)31-17-6-9-20-16(10-17)13-30-32-20/h2-6,9-10,13-14,18H,7-8,11-12H2,1H3,(H,27,33)(H,30,32)(H,28,29,31). The number of rotatable bonds is 6. The Morgan fingerprint density at radius 2 is 2.14 bits per heavy atom. The fraction of sp³-hybridized carbons (Fsp3) is 0.231. The number of thiophene rings is 1. The Morgan fingerprint density at radius 1 is 1.22 bits per heavy atom. The molecule has 5 aromatic rings. The number of alkyl carbamates (subject to hydrolysis) is 1. The minimum absolute atomic E-state index is 0.184. The van der Waals surface area contributed by atoms with Gasteiger partial charge >= 0.3 is 6.09 Å². The molecule has 1 unspecified atom stereocenters. The summed E-state index contributed by atoms with van der Waals surface area (Å²) in [5, 5.41) is 15.4. The summed E-state index contributed by atoms with van der Waals surface area (Å²) in [5.74, 6) is 1.52. The highest BCUT2D eigenvalue weighted by atomic mass is 32.1. The van der Waals surface area contributed by atoms with Crippen LogP contribution in [0.5, 0.6) is 5.75 Å². The van der Waals surface area contributed by atoms with Gasteiger partial charge in [-0.05, 0) is 42.7 Å². The third-order valence-electron chi connectivity index (χ3n) is 6.39. The normalized spacial score (nSPS) is 15.0. The maximum Gasteiger partial charge on any atom is 0.407 e. The minimum atomic E-state index is -0.424. The molecule has 1 atom stereocenters. The van der Waals surface area contributed by atoms with Gasteiger partial charge in [-0.3, -0.25) is 5.10 Å². The van der Waals surface area contributed by atoms with Gasteiger partial charge in [0.25, 0.3) is 0 Å². The van der Waals surface area contributed by atoms with Crippen LogP contribution in [0.3, 0.4) is 0 Å². The van der Waals surface area contributed by atoms with Gasteiger partial charge in [0.05, 0.1) is 24.2 Å². The van der Waals surface area contributed by atoms with Crippen LogP contribution in [0.25, 0.3) is 21.1 Å². The number of benzene rings is 2. The predicted molar refractivity (Wildman–Crippen MR) is 139 cm³/mol. The third-order valence-corrected chi connectivity index (χ3v) is 7.55. The van der Waals surface area contributed by atoms with Crippen LogP contribution >= 0.6 is 11.3 Å². The predicted octanol–water partition coefficient (Wildman–Crippen LogP) is 5.10. The molecule has 0 radical (unpaired) electrons. The topological polar surface area (TPSA) is 114 Å². The van der Waals surface area contributed by atoms with E-state index in [0.717, 1.165) is 56.8 Å². The lowest BCUT2D eigenvalue weighted by molar-refractivity contribution is 0.0898. The Hall–Kier alpha value is -4.18. The Bertz CT molecular complexity index is 1560. The van der Waals surface area contributed by atoms with Crippen molar-refractivity contribution in [3.8, 4) is 5.75 Å². The summed E-state index contributed by atoms with van der Waals surface area (Å²) in [6.07, 6.45) is 4.98. The number of para-hydroxylation sites is 1. The number of H-pyrrole nitrogens is 1. The second-order valence-electron chi connectivity index (χ2n) is 8.64. The summed E-state index contributed by atoms with van der Waals surface area (Å²) in [4.78, 5) is 23.7. The second kappa shape index (κ2) is 9.46. The highest BCUT2D eigenvalue weighted by molar-refractivity contribution is 7.19. The summed E-state index contributed by atoms with van der Waals surface area (Å²) in [7, 11) is 1.62. The fourth-order valence-corrected chi connectivity index (χ4v) is 5.89. The molecule has 9 nitrogen and oxygen atoms in total. The van der Waals surface area contributed by atoms with Gasteiger partial charge in [-0.25, -0.2) is 14.8 Å². The SMILES string of the molecule is COc1ccccc1CNC(=O)OC1CCc2c(sc3ncnc(Nc4ccc5[nH]ncc5c4)c23)C1. The maximum atomic E-state index is 12.5. The van der Waals surface area contributed by atoms with Gasteiger partial charge in [-0.1, -0.05) is 18.2 Å². The van der Waals surface area contributed by atoms with Crippen LogP contribution in [0, 0.1) is 0 Å². The van der Waals surface area contributed by atoms with Crippen LogP contribution in [-0.4, -0.2) is 39.5 Å². The fourth-order valence-electron chi connectivity index (χ4n) is 4.64. The van der Waals surface area contributed by atoms with E-state index in [2.05, 4.69) is 30.8 Å². The zero-order chi connectivity index (χ0) is 24.5. The first-order valence-corrected chi connectivity index (χ1v) is 12.5. The van der Waals surface area contributed by atoms with Gasteiger partial charge in [0.2, 0.25) is 0 Å². The van der Waals surface area contributed by atoms with Gasteiger partial charge < -0.3 is 20.1 Å². The lowest BCUT2D eigenvalue weighted by Gasteiger charge is -2.23. The van der Waals surface area contributed by atoms with Crippen molar-refractivity contribution in [2.45, 2.75) is 31.9 Å². The van der Waals surface area contributed by atoms with Crippen molar-refractivity contribution >= 4 is 50.1 Å². The van der Waals surface area contributed by atoms with Crippen LogP contribution in [0.4, 0.5) is 16.3 Å². The molecular formula is C26H24N6O3S. The molecule has 0 saturated heterocycles. The lowest BCUT2D eigenvalue weighted by Crippen LogP contribution is -2.31. The molecule has 0 spiro atoms. The van der Waals surface area contributed by atoms with E-state index in [1.165, 1.54) is 10.4 Å². The number of hydrogen-bond acceptors (Lipinski definition) is 8. The van der Waals surface area contributed by atoms with E-state index in [4.69, 9.17) is 9.47 Å². The molecule has 0 saturated carbocycles. The molecule has 3 aromatic heterocycles. The van der Waals surface area contributed by atoms with Crippen molar-refractivity contribution in [3.05, 3.63) is 71.0 Å². The minimum Gasteiger partial charge on any atom is -0.496 e. The number of methoxy groups -OCH3 is 1. The molecule has 0 fully saturated rings. The highest BCUT2D eigenvalue weighted by Crippen LogP contribution is 2.39. The van der Waals surface area contributed by atoms with E-state index in [9.17, 15) is 4.79 Å². The number of nitrogens with one attached hydrogen (secondary N) is 3. The maximum absolute atomic E-state index is 12.5. The van der Waals surface area contributed by atoms with E-state index in [1.807, 2.05) is 42.5 Å². The molecule has 1 aliphatic carbocycles. The van der Waals surface area contributed by atoms with Crippen molar-refractivity contribution < 1.29 is 14.3 Å². The summed E-state index contributed by atoms with van der Waals surface area (Å²) in [6.45, 7) is 0.346. The number of aromatic amines is 1. The zero-order valence-corrected chi connectivity index (χ0v) is 20.4. The first kappa shape index (κ1) is 22.3. The number of amides is 1. The van der Waals surface area contributed by atoms with Crippen LogP contribution in [0.1, 0.15) is 22.4 Å². The van der Waals surface area contributed by atoms with Crippen molar-refractivity contribution in [1.82, 2.24) is 25.5 Å². The molecule has 1 aliphatic rings. The number of carbonyl (C=O) groups excluding carboxylic acids is 1. The average Bonchev–Trinajstić information content (AvgIpc) is 3.51. The molecule has 2 aromatic carbocycles. The second-order valence-corrected chi connectivity index (χ2v) is 9.72. The van der Waals surface area contributed by atoms with Gasteiger partial charge in [0.15, 0.2) is 0 Å². The molecule has 1 amide bonds. The first-order valence-electron chi connectivity index (χ1n) is 11.7. The summed E-state index contributed by atoms with van der Waals surface area (Å²) in [5.41, 5.74) is 4.06. The number of anilines is 2. The molecule has 6 rings (SSSR count). The first-order chi connectivity index (χ1) is 17.7. The number of ether oxygens (including phenoxy) is 2. The van der Waals surface area contributed by atoms with Gasteiger partial charge in [0, 0.05) is 34.5 Å². The smallest absolute Gasteiger partial charge is 0.407 e. The summed E-state index contributed by atoms with van der Waals surface area (Å²) in [6, 6.07) is 13.6. The largest absolute Gasteiger partial charge is 0.496 e. The van der Waals surface area contributed by atoms with E-state index in [-0.39, 0.29) is 6.10 Å². The molecule has 3 heterocycles. The van der Waals surface area contributed by atoms with Crippen LogP contribution < -0.4 is 15.4 Å². The number of fused-ring (bicyclic) bond motifs is 4. The zero-order valence-electron chi connectivity index (χ0n) is 19.6. The van der Waals surface area contributed by atoms with Crippen molar-refractivity contribution in [2.24, 2.45) is 0 Å². The molecule has 36 heavy (non-hydrogen) atoms. The van der Waals surface area contributed by atoms with Crippen molar-refractivity contribution in [3.63, 3.8) is 0 Å². The van der Waals surface area contributed by atoms with Gasteiger partial charge in [0.1, 0.15) is 28.8 Å². The number of aryl methyl sites for hydroxylation is 1. The highest BCUT2D eigenvalue weighted by Gasteiger charge is 2.27. The van der Waals surface area contributed by atoms with E-state index >= 15 is 0 Å². The molecule has 0 aliphatic heterocycles. The molecule has 10 heteroatoms. The lowest BCUT2D eigenvalue weighted by atomic mass is 9.94. The van der Waals surface area contributed by atoms with Crippen molar-refractivity contribution in [2.75, 3.05) is 12.4 Å².